The Labute approximate surface area is 137 Å². The molecule has 0 spiro atoms. The van der Waals surface area contributed by atoms with Crippen molar-refractivity contribution in [3.05, 3.63) is 76.9 Å². The minimum Gasteiger partial charge on any atom is -0.492 e. The zero-order chi connectivity index (χ0) is 16.0. The molecule has 4 rings (SSSR count). The number of aryl methyl sites for hydroxylation is 1. The molecule has 1 atom stereocenters. The zero-order valence-corrected chi connectivity index (χ0v) is 14.0. The van der Waals surface area contributed by atoms with E-state index in [0.717, 1.165) is 12.4 Å². The lowest BCUT2D eigenvalue weighted by Gasteiger charge is -2.14. The maximum atomic E-state index is 6.14. The summed E-state index contributed by atoms with van der Waals surface area (Å²) in [5.41, 5.74) is 5.43. The van der Waals surface area contributed by atoms with Crippen LogP contribution >= 0.6 is 0 Å². The van der Waals surface area contributed by atoms with E-state index in [2.05, 4.69) is 75.4 Å². The van der Waals surface area contributed by atoms with Gasteiger partial charge in [-0.05, 0) is 34.9 Å². The molecule has 0 fully saturated rings. The van der Waals surface area contributed by atoms with E-state index in [-0.39, 0.29) is 0 Å². The van der Waals surface area contributed by atoms with E-state index >= 15 is 0 Å². The van der Waals surface area contributed by atoms with Crippen molar-refractivity contribution in [3.63, 3.8) is 0 Å². The first-order valence-electron chi connectivity index (χ1n) is 8.40. The predicted molar refractivity (Wildman–Crippen MR) is 96.6 cm³/mol. The van der Waals surface area contributed by atoms with Crippen molar-refractivity contribution in [1.82, 2.24) is 0 Å². The van der Waals surface area contributed by atoms with E-state index in [1.54, 1.807) is 0 Å². The topological polar surface area (TPSA) is 9.23 Å². The number of benzene rings is 3. The van der Waals surface area contributed by atoms with Crippen LogP contribution in [-0.4, -0.2) is 6.61 Å². The van der Waals surface area contributed by atoms with Gasteiger partial charge in [0.15, 0.2) is 0 Å². The molecule has 3 aromatic rings. The summed E-state index contributed by atoms with van der Waals surface area (Å²) in [6.45, 7) is 7.42. The quantitative estimate of drug-likeness (QED) is 0.581. The van der Waals surface area contributed by atoms with E-state index < -0.39 is 0 Å². The number of fused-ring (bicyclic) bond motifs is 3. The maximum Gasteiger partial charge on any atom is 0.131 e. The third-order valence-electron chi connectivity index (χ3n) is 5.00. The third kappa shape index (κ3) is 2.31. The van der Waals surface area contributed by atoms with Crippen LogP contribution < -0.4 is 4.74 Å². The van der Waals surface area contributed by atoms with Crippen molar-refractivity contribution in [3.8, 4) is 5.75 Å². The molecule has 0 radical (unpaired) electrons. The minimum absolute atomic E-state index is 0.343. The molecular weight excluding hydrogens is 280 g/mol. The summed E-state index contributed by atoms with van der Waals surface area (Å²) in [6, 6.07) is 19.9. The maximum absolute atomic E-state index is 6.14. The minimum atomic E-state index is 0.343. The molecule has 1 nitrogen and oxygen atoms in total. The highest BCUT2D eigenvalue weighted by atomic mass is 16.5. The number of hydrogen-bond acceptors (Lipinski definition) is 1. The molecule has 1 aliphatic rings. The molecule has 1 aliphatic heterocycles. The van der Waals surface area contributed by atoms with Gasteiger partial charge < -0.3 is 4.74 Å². The molecule has 0 bridgehead atoms. The van der Waals surface area contributed by atoms with Gasteiger partial charge in [-0.15, -0.1) is 0 Å². The Morgan fingerprint density at radius 1 is 1.00 bits per heavy atom. The van der Waals surface area contributed by atoms with Gasteiger partial charge in [0, 0.05) is 16.9 Å². The van der Waals surface area contributed by atoms with Gasteiger partial charge in [-0.3, -0.25) is 0 Å². The Kier molecular flexibility index (Phi) is 3.37. The summed E-state index contributed by atoms with van der Waals surface area (Å²) in [5.74, 6) is 2.00. The first-order valence-corrected chi connectivity index (χ1v) is 8.40. The molecule has 0 amide bonds. The molecule has 0 saturated heterocycles. The summed E-state index contributed by atoms with van der Waals surface area (Å²) in [7, 11) is 0. The fourth-order valence-electron chi connectivity index (χ4n) is 3.68. The van der Waals surface area contributed by atoms with Gasteiger partial charge in [0.05, 0.1) is 6.61 Å². The summed E-state index contributed by atoms with van der Waals surface area (Å²) < 4.78 is 6.14. The van der Waals surface area contributed by atoms with Gasteiger partial charge >= 0.3 is 0 Å². The first kappa shape index (κ1) is 14.3. The Morgan fingerprint density at radius 3 is 2.48 bits per heavy atom. The number of rotatable bonds is 2. The molecule has 1 unspecified atom stereocenters. The molecule has 0 N–H and O–H groups in total. The fourth-order valence-corrected chi connectivity index (χ4v) is 3.68. The van der Waals surface area contributed by atoms with Gasteiger partial charge in [0.25, 0.3) is 0 Å². The van der Waals surface area contributed by atoms with Gasteiger partial charge in [0.1, 0.15) is 5.75 Å². The van der Waals surface area contributed by atoms with Crippen LogP contribution in [0.15, 0.2) is 54.6 Å². The third-order valence-corrected chi connectivity index (χ3v) is 5.00. The van der Waals surface area contributed by atoms with Crippen LogP contribution in [0.3, 0.4) is 0 Å². The second-order valence-electron chi connectivity index (χ2n) is 6.84. The number of hydrogen-bond donors (Lipinski definition) is 0. The molecule has 0 aromatic heterocycles. The zero-order valence-electron chi connectivity index (χ0n) is 14.0. The summed E-state index contributed by atoms with van der Waals surface area (Å²) in [6.07, 6.45) is 0. The number of ether oxygens (including phenoxy) is 1. The van der Waals surface area contributed by atoms with Crippen LogP contribution in [0.4, 0.5) is 0 Å². The molecule has 3 aromatic carbocycles. The molecule has 23 heavy (non-hydrogen) atoms. The Bertz CT molecular complexity index is 859. The summed E-state index contributed by atoms with van der Waals surface area (Å²) in [5, 5.41) is 2.49. The lowest BCUT2D eigenvalue weighted by molar-refractivity contribution is 0.346. The van der Waals surface area contributed by atoms with E-state index in [9.17, 15) is 0 Å². The summed E-state index contributed by atoms with van der Waals surface area (Å²) >= 11 is 0. The van der Waals surface area contributed by atoms with E-state index in [4.69, 9.17) is 4.74 Å². The smallest absolute Gasteiger partial charge is 0.131 e. The van der Waals surface area contributed by atoms with Crippen molar-refractivity contribution in [2.24, 2.45) is 0 Å². The lowest BCUT2D eigenvalue weighted by Crippen LogP contribution is -2.04. The van der Waals surface area contributed by atoms with Crippen molar-refractivity contribution in [2.75, 3.05) is 6.61 Å². The van der Waals surface area contributed by atoms with Crippen LogP contribution in [0.1, 0.15) is 47.9 Å². The molecular formula is C22H22O. The average molecular weight is 302 g/mol. The second kappa shape index (κ2) is 5.42. The van der Waals surface area contributed by atoms with Crippen molar-refractivity contribution in [1.29, 1.82) is 0 Å². The monoisotopic (exact) mass is 302 g/mol. The first-order chi connectivity index (χ1) is 11.1. The molecule has 1 heterocycles. The average Bonchev–Trinajstić information content (AvgIpc) is 3.01. The molecule has 116 valence electrons. The van der Waals surface area contributed by atoms with Crippen LogP contribution in [-0.2, 0) is 0 Å². The molecule has 0 aliphatic carbocycles. The van der Waals surface area contributed by atoms with Gasteiger partial charge in [-0.2, -0.15) is 0 Å². The van der Waals surface area contributed by atoms with Crippen LogP contribution in [0.5, 0.6) is 5.75 Å². The lowest BCUT2D eigenvalue weighted by atomic mass is 9.87. The summed E-state index contributed by atoms with van der Waals surface area (Å²) in [4.78, 5) is 0. The molecule has 1 heteroatoms. The second-order valence-corrected chi connectivity index (χ2v) is 6.84. The van der Waals surface area contributed by atoms with E-state index in [0.29, 0.717) is 11.8 Å². The van der Waals surface area contributed by atoms with Gasteiger partial charge in [-0.25, -0.2) is 0 Å². The Hall–Kier alpha value is -2.28. The SMILES string of the molecule is Cc1cc2ccccc2c2c1C(c1ccc(C(C)C)cc1)CO2. The highest BCUT2D eigenvalue weighted by Gasteiger charge is 2.29. The normalized spacial score (nSPS) is 16.6. The Balaban J connectivity index is 1.82. The van der Waals surface area contributed by atoms with Crippen molar-refractivity contribution >= 4 is 10.8 Å². The Morgan fingerprint density at radius 2 is 1.74 bits per heavy atom. The molecule has 0 saturated carbocycles. The highest BCUT2D eigenvalue weighted by Crippen LogP contribution is 2.44. The largest absolute Gasteiger partial charge is 0.492 e. The highest BCUT2D eigenvalue weighted by molar-refractivity contribution is 5.91. The standard InChI is InChI=1S/C22H22O/c1-14(2)16-8-10-17(11-9-16)20-13-23-22-19-7-5-4-6-18(19)12-15(3)21(20)22/h4-12,14,20H,13H2,1-3H3. The predicted octanol–water partition coefficient (Wildman–Crippen LogP) is 5.80. The van der Waals surface area contributed by atoms with Crippen molar-refractivity contribution in [2.45, 2.75) is 32.6 Å². The van der Waals surface area contributed by atoms with Gasteiger partial charge in [0.2, 0.25) is 0 Å². The van der Waals surface area contributed by atoms with Crippen LogP contribution in [0.2, 0.25) is 0 Å². The van der Waals surface area contributed by atoms with Crippen LogP contribution in [0.25, 0.3) is 10.8 Å². The van der Waals surface area contributed by atoms with Crippen molar-refractivity contribution < 1.29 is 4.74 Å². The van der Waals surface area contributed by atoms with E-state index in [1.807, 2.05) is 0 Å². The fraction of sp³-hybridized carbons (Fsp3) is 0.273. The van der Waals surface area contributed by atoms with E-state index in [1.165, 1.54) is 33.0 Å². The van der Waals surface area contributed by atoms with Gasteiger partial charge in [-0.1, -0.05) is 68.4 Å². The van der Waals surface area contributed by atoms with Crippen LogP contribution in [0, 0.1) is 6.92 Å².